The third-order valence-corrected chi connectivity index (χ3v) is 2.99. The van der Waals surface area contributed by atoms with Crippen LogP contribution in [-0.4, -0.2) is 35.4 Å². The molecule has 1 aliphatic heterocycles. The summed E-state index contributed by atoms with van der Waals surface area (Å²) in [4.78, 5) is 18.5. The first kappa shape index (κ1) is 12.0. The number of rotatable bonds is 2. The average molecular weight is 233 g/mol. The van der Waals surface area contributed by atoms with Gasteiger partial charge in [0.1, 0.15) is 0 Å². The van der Waals surface area contributed by atoms with Gasteiger partial charge in [-0.05, 0) is 38.4 Å². The van der Waals surface area contributed by atoms with Gasteiger partial charge < -0.3 is 10.2 Å². The van der Waals surface area contributed by atoms with Crippen molar-refractivity contribution in [2.45, 2.75) is 32.9 Å². The van der Waals surface area contributed by atoms with Crippen molar-refractivity contribution in [3.8, 4) is 0 Å². The van der Waals surface area contributed by atoms with E-state index in [2.05, 4.69) is 22.2 Å². The molecule has 0 aromatic carbocycles. The third-order valence-electron chi connectivity index (χ3n) is 2.99. The van der Waals surface area contributed by atoms with Crippen LogP contribution in [0, 0.1) is 0 Å². The van der Waals surface area contributed by atoms with E-state index in [1.165, 1.54) is 5.56 Å². The highest BCUT2D eigenvalue weighted by atomic mass is 16.1. The molecule has 92 valence electrons. The van der Waals surface area contributed by atoms with Crippen LogP contribution in [0.2, 0.25) is 0 Å². The normalized spacial score (nSPS) is 15.8. The Kier molecular flexibility index (Phi) is 3.43. The molecule has 0 radical (unpaired) electrons. The van der Waals surface area contributed by atoms with Gasteiger partial charge in [0.05, 0.1) is 5.56 Å². The molecule has 0 aliphatic carbocycles. The van der Waals surface area contributed by atoms with Gasteiger partial charge in [0.25, 0.3) is 5.91 Å². The highest BCUT2D eigenvalue weighted by molar-refractivity contribution is 5.95. The monoisotopic (exact) mass is 233 g/mol. The van der Waals surface area contributed by atoms with E-state index < -0.39 is 0 Å². The number of hydrogen-bond acceptors (Lipinski definition) is 3. The number of carbonyl (C=O) groups excluding carboxylic acids is 1. The smallest absolute Gasteiger partial charge is 0.253 e. The minimum Gasteiger partial charge on any atom is -0.350 e. The van der Waals surface area contributed by atoms with E-state index >= 15 is 0 Å². The molecule has 0 atom stereocenters. The van der Waals surface area contributed by atoms with E-state index in [1.54, 1.807) is 6.20 Å². The van der Waals surface area contributed by atoms with E-state index in [4.69, 9.17) is 0 Å². The summed E-state index contributed by atoms with van der Waals surface area (Å²) in [6.07, 6.45) is 4.48. The molecule has 0 unspecified atom stereocenters. The summed E-state index contributed by atoms with van der Waals surface area (Å²) in [5, 5.41) is 2.93. The first-order valence-electron chi connectivity index (χ1n) is 6.03. The van der Waals surface area contributed by atoms with E-state index in [9.17, 15) is 4.79 Å². The van der Waals surface area contributed by atoms with Gasteiger partial charge in [0.2, 0.25) is 0 Å². The van der Waals surface area contributed by atoms with E-state index in [0.717, 1.165) is 30.6 Å². The molecule has 1 aliphatic rings. The molecule has 2 heterocycles. The third kappa shape index (κ3) is 2.64. The minimum absolute atomic E-state index is 0.00565. The fourth-order valence-corrected chi connectivity index (χ4v) is 2.17. The molecule has 0 saturated carbocycles. The Balaban J connectivity index is 2.30. The maximum atomic E-state index is 12.0. The Morgan fingerprint density at radius 3 is 2.94 bits per heavy atom. The molecule has 4 heteroatoms. The number of likely N-dealkylation sites (N-methyl/N-ethyl adjacent to an activating group) is 1. The molecule has 4 nitrogen and oxygen atoms in total. The number of nitrogens with zero attached hydrogens (tertiary/aromatic N) is 2. The molecular formula is C13H19N3O. The van der Waals surface area contributed by atoms with Crippen LogP contribution < -0.4 is 5.32 Å². The maximum Gasteiger partial charge on any atom is 0.253 e. The zero-order valence-electron chi connectivity index (χ0n) is 10.7. The number of aromatic nitrogens is 1. The highest BCUT2D eigenvalue weighted by Gasteiger charge is 2.20. The summed E-state index contributed by atoms with van der Waals surface area (Å²) in [7, 11) is 2.09. The number of carbonyl (C=O) groups is 1. The van der Waals surface area contributed by atoms with Gasteiger partial charge in [0.15, 0.2) is 0 Å². The number of amides is 1. The second-order valence-electron chi connectivity index (χ2n) is 4.94. The van der Waals surface area contributed by atoms with E-state index in [1.807, 2.05) is 20.0 Å². The van der Waals surface area contributed by atoms with Gasteiger partial charge in [-0.25, -0.2) is 0 Å². The molecule has 1 N–H and O–H groups in total. The fraction of sp³-hybridized carbons (Fsp3) is 0.538. The second kappa shape index (κ2) is 4.84. The molecular weight excluding hydrogens is 214 g/mol. The Morgan fingerprint density at radius 1 is 1.47 bits per heavy atom. The number of nitrogens with one attached hydrogen (secondary N) is 1. The Hall–Kier alpha value is -1.42. The molecule has 0 fully saturated rings. The van der Waals surface area contributed by atoms with Gasteiger partial charge in [-0.2, -0.15) is 0 Å². The molecule has 17 heavy (non-hydrogen) atoms. The van der Waals surface area contributed by atoms with E-state index in [0.29, 0.717) is 0 Å². The van der Waals surface area contributed by atoms with Crippen LogP contribution in [0.1, 0.15) is 35.3 Å². The number of hydrogen-bond donors (Lipinski definition) is 1. The predicted molar refractivity (Wildman–Crippen MR) is 66.9 cm³/mol. The van der Waals surface area contributed by atoms with Crippen molar-refractivity contribution in [2.75, 3.05) is 13.6 Å². The van der Waals surface area contributed by atoms with Crippen LogP contribution in [0.3, 0.4) is 0 Å². The first-order chi connectivity index (χ1) is 8.08. The van der Waals surface area contributed by atoms with E-state index in [-0.39, 0.29) is 11.9 Å². The van der Waals surface area contributed by atoms with Crippen molar-refractivity contribution in [2.24, 2.45) is 0 Å². The van der Waals surface area contributed by atoms with Crippen LogP contribution in [-0.2, 0) is 13.0 Å². The lowest BCUT2D eigenvalue weighted by Crippen LogP contribution is -2.33. The summed E-state index contributed by atoms with van der Waals surface area (Å²) in [6.45, 7) is 5.81. The lowest BCUT2D eigenvalue weighted by Gasteiger charge is -2.26. The first-order valence-corrected chi connectivity index (χ1v) is 6.03. The van der Waals surface area contributed by atoms with Gasteiger partial charge in [-0.1, -0.05) is 0 Å². The molecule has 1 aromatic heterocycles. The van der Waals surface area contributed by atoms with Crippen molar-refractivity contribution < 1.29 is 4.79 Å². The van der Waals surface area contributed by atoms with Gasteiger partial charge in [0, 0.05) is 31.5 Å². The van der Waals surface area contributed by atoms with Crippen molar-refractivity contribution in [3.63, 3.8) is 0 Å². The summed E-state index contributed by atoms with van der Waals surface area (Å²) >= 11 is 0. The fourth-order valence-electron chi connectivity index (χ4n) is 2.17. The molecule has 1 amide bonds. The quantitative estimate of drug-likeness (QED) is 0.835. The number of fused-ring (bicyclic) bond motifs is 1. The Bertz CT molecular complexity index is 429. The van der Waals surface area contributed by atoms with Crippen LogP contribution in [0.4, 0.5) is 0 Å². The summed E-state index contributed by atoms with van der Waals surface area (Å²) in [5.74, 6) is -0.00565. The van der Waals surface area contributed by atoms with Crippen LogP contribution in [0.5, 0.6) is 0 Å². The molecule has 0 bridgehead atoms. The lowest BCUT2D eigenvalue weighted by atomic mass is 9.97. The topological polar surface area (TPSA) is 45.2 Å². The largest absolute Gasteiger partial charge is 0.350 e. The summed E-state index contributed by atoms with van der Waals surface area (Å²) < 4.78 is 0. The van der Waals surface area contributed by atoms with Crippen molar-refractivity contribution in [3.05, 3.63) is 29.1 Å². The SMILES string of the molecule is CC(C)NC(=O)c1cncc2c1CCN(C)C2. The van der Waals surface area contributed by atoms with Crippen LogP contribution >= 0.6 is 0 Å². The molecule has 0 spiro atoms. The van der Waals surface area contributed by atoms with Crippen molar-refractivity contribution in [1.82, 2.24) is 15.2 Å². The van der Waals surface area contributed by atoms with Gasteiger partial charge >= 0.3 is 0 Å². The molecule has 2 rings (SSSR count). The lowest BCUT2D eigenvalue weighted by molar-refractivity contribution is 0.0941. The summed E-state index contributed by atoms with van der Waals surface area (Å²) in [5.41, 5.74) is 3.08. The Morgan fingerprint density at radius 2 is 2.24 bits per heavy atom. The number of pyridine rings is 1. The Labute approximate surface area is 102 Å². The van der Waals surface area contributed by atoms with Crippen LogP contribution in [0.25, 0.3) is 0 Å². The highest BCUT2D eigenvalue weighted by Crippen LogP contribution is 2.20. The standard InChI is InChI=1S/C13H19N3O/c1-9(2)15-13(17)12-7-14-6-10-8-16(3)5-4-11(10)12/h6-7,9H,4-5,8H2,1-3H3,(H,15,17). The van der Waals surface area contributed by atoms with Crippen molar-refractivity contribution >= 4 is 5.91 Å². The zero-order valence-corrected chi connectivity index (χ0v) is 10.7. The second-order valence-corrected chi connectivity index (χ2v) is 4.94. The van der Waals surface area contributed by atoms with Crippen molar-refractivity contribution in [1.29, 1.82) is 0 Å². The molecule has 0 saturated heterocycles. The average Bonchev–Trinajstić information content (AvgIpc) is 2.26. The zero-order chi connectivity index (χ0) is 12.4. The molecule has 1 aromatic rings. The minimum atomic E-state index is -0.00565. The van der Waals surface area contributed by atoms with Gasteiger partial charge in [-0.15, -0.1) is 0 Å². The van der Waals surface area contributed by atoms with Gasteiger partial charge in [-0.3, -0.25) is 9.78 Å². The predicted octanol–water partition coefficient (Wildman–Crippen LogP) is 1.21. The summed E-state index contributed by atoms with van der Waals surface area (Å²) in [6, 6.07) is 0.157. The maximum absolute atomic E-state index is 12.0. The van der Waals surface area contributed by atoms with Crippen LogP contribution in [0.15, 0.2) is 12.4 Å².